The first-order valence-corrected chi connectivity index (χ1v) is 6.70. The van der Waals surface area contributed by atoms with Crippen LogP contribution in [0.3, 0.4) is 0 Å². The molecule has 2 heterocycles. The Morgan fingerprint density at radius 1 is 1.56 bits per heavy atom. The fourth-order valence-electron chi connectivity index (χ4n) is 2.08. The van der Waals surface area contributed by atoms with Gasteiger partial charge in [-0.1, -0.05) is 6.08 Å². The van der Waals surface area contributed by atoms with Crippen LogP contribution in [0.4, 0.5) is 0 Å². The Bertz CT molecular complexity index is 302. The number of aromatic nitrogens is 1. The van der Waals surface area contributed by atoms with Crippen LogP contribution >= 0.6 is 11.3 Å². The minimum atomic E-state index is 0.670. The summed E-state index contributed by atoms with van der Waals surface area (Å²) in [5.41, 5.74) is 1.89. The molecule has 0 spiro atoms. The molecule has 1 fully saturated rings. The van der Waals surface area contributed by atoms with Crippen LogP contribution in [-0.4, -0.2) is 35.6 Å². The Morgan fingerprint density at radius 2 is 2.38 bits per heavy atom. The molecule has 2 rings (SSSR count). The van der Waals surface area contributed by atoms with Gasteiger partial charge in [-0.2, -0.15) is 0 Å². The topological polar surface area (TPSA) is 28.2 Å². The molecule has 1 aromatic rings. The average molecular weight is 237 g/mol. The minimum Gasteiger partial charge on any atom is -0.309 e. The Hall–Kier alpha value is -0.710. The van der Waals surface area contributed by atoms with E-state index in [0.717, 1.165) is 13.1 Å². The van der Waals surface area contributed by atoms with Crippen LogP contribution in [0.15, 0.2) is 24.4 Å². The monoisotopic (exact) mass is 237 g/mol. The van der Waals surface area contributed by atoms with Gasteiger partial charge >= 0.3 is 0 Å². The summed E-state index contributed by atoms with van der Waals surface area (Å²) in [5, 5.41) is 3.60. The molecular formula is C12H19N3S. The normalized spacial score (nSPS) is 18.8. The van der Waals surface area contributed by atoms with Crippen LogP contribution in [-0.2, 0) is 6.54 Å². The molecule has 1 aromatic heterocycles. The highest BCUT2D eigenvalue weighted by atomic mass is 32.1. The molecule has 0 radical (unpaired) electrons. The quantitative estimate of drug-likeness (QED) is 0.793. The lowest BCUT2D eigenvalue weighted by molar-refractivity contribution is 0.215. The molecule has 3 nitrogen and oxygen atoms in total. The molecule has 1 aliphatic rings. The first-order valence-electron chi connectivity index (χ1n) is 5.82. The number of hydrogen-bond acceptors (Lipinski definition) is 4. The van der Waals surface area contributed by atoms with Crippen molar-refractivity contribution in [2.75, 3.05) is 19.6 Å². The van der Waals surface area contributed by atoms with Gasteiger partial charge in [-0.15, -0.1) is 17.9 Å². The molecular weight excluding hydrogens is 218 g/mol. The minimum absolute atomic E-state index is 0.670. The Kier molecular flexibility index (Phi) is 4.51. The van der Waals surface area contributed by atoms with Gasteiger partial charge in [-0.3, -0.25) is 9.88 Å². The first-order chi connectivity index (χ1) is 7.88. The van der Waals surface area contributed by atoms with E-state index in [1.807, 2.05) is 17.8 Å². The van der Waals surface area contributed by atoms with Crippen molar-refractivity contribution >= 4 is 11.3 Å². The van der Waals surface area contributed by atoms with Crippen molar-refractivity contribution in [2.24, 2.45) is 0 Å². The molecule has 0 aromatic carbocycles. The molecule has 0 bridgehead atoms. The van der Waals surface area contributed by atoms with Crippen molar-refractivity contribution in [3.8, 4) is 0 Å². The summed E-state index contributed by atoms with van der Waals surface area (Å²) in [7, 11) is 0. The van der Waals surface area contributed by atoms with E-state index in [-0.39, 0.29) is 0 Å². The zero-order valence-electron chi connectivity index (χ0n) is 9.56. The number of thiazole rings is 1. The first kappa shape index (κ1) is 11.8. The molecule has 0 aliphatic carbocycles. The van der Waals surface area contributed by atoms with Crippen LogP contribution in [0.2, 0.25) is 0 Å². The van der Waals surface area contributed by atoms with E-state index >= 15 is 0 Å². The van der Waals surface area contributed by atoms with Crippen molar-refractivity contribution in [1.82, 2.24) is 15.2 Å². The summed E-state index contributed by atoms with van der Waals surface area (Å²) in [6.45, 7) is 8.15. The Morgan fingerprint density at radius 3 is 3.00 bits per heavy atom. The molecule has 0 saturated carbocycles. The maximum atomic E-state index is 4.08. The fourth-order valence-corrected chi connectivity index (χ4v) is 2.62. The summed E-state index contributed by atoms with van der Waals surface area (Å²) in [4.78, 5) is 7.87. The van der Waals surface area contributed by atoms with Gasteiger partial charge in [0, 0.05) is 30.2 Å². The van der Waals surface area contributed by atoms with E-state index in [1.54, 1.807) is 11.3 Å². The molecule has 1 N–H and O–H groups in total. The molecule has 0 unspecified atom stereocenters. The second kappa shape index (κ2) is 6.13. The molecule has 1 saturated heterocycles. The van der Waals surface area contributed by atoms with E-state index in [1.165, 1.54) is 30.8 Å². The van der Waals surface area contributed by atoms with Crippen molar-refractivity contribution in [3.05, 3.63) is 29.2 Å². The summed E-state index contributed by atoms with van der Waals surface area (Å²) < 4.78 is 0. The third-order valence-corrected chi connectivity index (χ3v) is 3.80. The van der Waals surface area contributed by atoms with Crippen molar-refractivity contribution in [2.45, 2.75) is 25.4 Å². The smallest absolute Gasteiger partial charge is 0.0794 e. The number of rotatable bonds is 5. The highest BCUT2D eigenvalue weighted by molar-refractivity contribution is 7.09. The summed E-state index contributed by atoms with van der Waals surface area (Å²) >= 11 is 1.72. The predicted molar refractivity (Wildman–Crippen MR) is 68.6 cm³/mol. The Balaban J connectivity index is 1.67. The van der Waals surface area contributed by atoms with E-state index in [4.69, 9.17) is 0 Å². The number of nitrogens with one attached hydrogen (secondary N) is 1. The molecule has 4 heteroatoms. The number of piperidine rings is 1. The standard InChI is InChI=1S/C12H19N3S/c1-2-5-15-6-3-11(4-7-15)14-9-12-8-13-10-16-12/h2,8,10-11,14H,1,3-7,9H2. The predicted octanol–water partition coefficient (Wildman–Crippen LogP) is 1.88. The molecule has 16 heavy (non-hydrogen) atoms. The van der Waals surface area contributed by atoms with Gasteiger partial charge in [0.05, 0.1) is 5.51 Å². The highest BCUT2D eigenvalue weighted by Crippen LogP contribution is 2.12. The lowest BCUT2D eigenvalue weighted by Gasteiger charge is -2.31. The summed E-state index contributed by atoms with van der Waals surface area (Å²) in [6, 6.07) is 0.670. The number of likely N-dealkylation sites (tertiary alicyclic amines) is 1. The highest BCUT2D eigenvalue weighted by Gasteiger charge is 2.17. The zero-order chi connectivity index (χ0) is 11.2. The number of hydrogen-bond donors (Lipinski definition) is 1. The summed E-state index contributed by atoms with van der Waals surface area (Å²) in [6.07, 6.45) is 6.43. The Labute approximate surface area is 101 Å². The average Bonchev–Trinajstić information content (AvgIpc) is 2.82. The lowest BCUT2D eigenvalue weighted by Crippen LogP contribution is -2.42. The van der Waals surface area contributed by atoms with E-state index in [0.29, 0.717) is 6.04 Å². The van der Waals surface area contributed by atoms with Crippen LogP contribution < -0.4 is 5.32 Å². The van der Waals surface area contributed by atoms with Crippen molar-refractivity contribution in [3.63, 3.8) is 0 Å². The molecule has 1 aliphatic heterocycles. The van der Waals surface area contributed by atoms with E-state index in [2.05, 4.69) is 21.8 Å². The fraction of sp³-hybridized carbons (Fsp3) is 0.583. The molecule has 0 atom stereocenters. The zero-order valence-corrected chi connectivity index (χ0v) is 10.4. The van der Waals surface area contributed by atoms with Gasteiger partial charge in [-0.25, -0.2) is 0 Å². The van der Waals surface area contributed by atoms with Crippen LogP contribution in [0.25, 0.3) is 0 Å². The van der Waals surface area contributed by atoms with Crippen molar-refractivity contribution < 1.29 is 0 Å². The largest absolute Gasteiger partial charge is 0.309 e. The lowest BCUT2D eigenvalue weighted by atomic mass is 10.1. The van der Waals surface area contributed by atoms with E-state index in [9.17, 15) is 0 Å². The molecule has 88 valence electrons. The second-order valence-electron chi connectivity index (χ2n) is 4.21. The maximum Gasteiger partial charge on any atom is 0.0794 e. The van der Waals surface area contributed by atoms with Crippen LogP contribution in [0.1, 0.15) is 17.7 Å². The van der Waals surface area contributed by atoms with Crippen molar-refractivity contribution in [1.29, 1.82) is 0 Å². The van der Waals surface area contributed by atoms with Gasteiger partial charge in [-0.05, 0) is 25.9 Å². The van der Waals surface area contributed by atoms with Crippen LogP contribution in [0.5, 0.6) is 0 Å². The van der Waals surface area contributed by atoms with Gasteiger partial charge in [0.15, 0.2) is 0 Å². The van der Waals surface area contributed by atoms with E-state index < -0.39 is 0 Å². The SMILES string of the molecule is C=CCN1CCC(NCc2cncs2)CC1. The molecule has 0 amide bonds. The maximum absolute atomic E-state index is 4.08. The third-order valence-electron chi connectivity index (χ3n) is 3.02. The second-order valence-corrected chi connectivity index (χ2v) is 5.18. The van der Waals surface area contributed by atoms with Gasteiger partial charge in [0.1, 0.15) is 0 Å². The van der Waals surface area contributed by atoms with Gasteiger partial charge in [0.2, 0.25) is 0 Å². The summed E-state index contributed by atoms with van der Waals surface area (Å²) in [5.74, 6) is 0. The van der Waals surface area contributed by atoms with Gasteiger partial charge in [0.25, 0.3) is 0 Å². The third kappa shape index (κ3) is 3.40. The van der Waals surface area contributed by atoms with Gasteiger partial charge < -0.3 is 5.32 Å². The number of nitrogens with zero attached hydrogens (tertiary/aromatic N) is 2. The van der Waals surface area contributed by atoms with Crippen LogP contribution in [0, 0.1) is 0 Å².